The minimum absolute atomic E-state index is 0.0759. The third kappa shape index (κ3) is 6.23. The third-order valence-electron chi connectivity index (χ3n) is 4.53. The molecule has 1 atom stereocenters. The van der Waals surface area contributed by atoms with Crippen molar-refractivity contribution in [3.63, 3.8) is 0 Å². The van der Waals surface area contributed by atoms with Gasteiger partial charge in [-0.3, -0.25) is 9.79 Å². The number of nitrogens with one attached hydrogen (secondary N) is 1. The van der Waals surface area contributed by atoms with Crippen LogP contribution in [0.4, 0.5) is 0 Å². The van der Waals surface area contributed by atoms with Gasteiger partial charge in [-0.15, -0.1) is 0 Å². The summed E-state index contributed by atoms with van der Waals surface area (Å²) in [5.74, 6) is 0.468. The molecular formula is C19H29N3O4S. The summed E-state index contributed by atoms with van der Waals surface area (Å²) in [7, 11) is -1.58. The Kier molecular flexibility index (Phi) is 8.09. The molecule has 1 aromatic rings. The normalized spacial score (nSPS) is 18.2. The van der Waals surface area contributed by atoms with Crippen LogP contribution < -0.4 is 5.32 Å². The Morgan fingerprint density at radius 3 is 2.74 bits per heavy atom. The number of rotatable bonds is 7. The van der Waals surface area contributed by atoms with Crippen molar-refractivity contribution in [2.45, 2.75) is 31.1 Å². The van der Waals surface area contributed by atoms with E-state index < -0.39 is 9.84 Å². The van der Waals surface area contributed by atoms with Gasteiger partial charge in [0.05, 0.1) is 23.2 Å². The number of carbonyl (C=O) groups excluding carboxylic acids is 1. The SMILES string of the molecule is CCOC(=O)C1CCCN(C(=NC)NCCCS(=O)(=O)c2ccccc2)C1. The quantitative estimate of drug-likeness (QED) is 0.327. The summed E-state index contributed by atoms with van der Waals surface area (Å²) in [4.78, 5) is 18.6. The zero-order chi connectivity index (χ0) is 19.7. The monoisotopic (exact) mass is 395 g/mol. The van der Waals surface area contributed by atoms with E-state index in [2.05, 4.69) is 10.3 Å². The lowest BCUT2D eigenvalue weighted by Crippen LogP contribution is -2.48. The van der Waals surface area contributed by atoms with Crippen LogP contribution >= 0.6 is 0 Å². The van der Waals surface area contributed by atoms with Gasteiger partial charge in [0.25, 0.3) is 0 Å². The Bertz CT molecular complexity index is 735. The number of ether oxygens (including phenoxy) is 1. The fraction of sp³-hybridized carbons (Fsp3) is 0.579. The molecule has 2 rings (SSSR count). The van der Waals surface area contributed by atoms with Crippen LogP contribution in [0.1, 0.15) is 26.2 Å². The molecule has 0 amide bonds. The van der Waals surface area contributed by atoms with E-state index in [1.165, 1.54) is 0 Å². The Morgan fingerprint density at radius 2 is 2.07 bits per heavy atom. The van der Waals surface area contributed by atoms with E-state index in [9.17, 15) is 13.2 Å². The van der Waals surface area contributed by atoms with Crippen molar-refractivity contribution >= 4 is 21.8 Å². The van der Waals surface area contributed by atoms with E-state index in [0.29, 0.717) is 37.0 Å². The van der Waals surface area contributed by atoms with Crippen LogP contribution in [0, 0.1) is 5.92 Å². The first-order valence-corrected chi connectivity index (χ1v) is 11.0. The van der Waals surface area contributed by atoms with Crippen LogP contribution in [-0.2, 0) is 19.4 Å². The van der Waals surface area contributed by atoms with E-state index >= 15 is 0 Å². The molecule has 0 aromatic heterocycles. The van der Waals surface area contributed by atoms with E-state index in [4.69, 9.17) is 4.74 Å². The summed E-state index contributed by atoms with van der Waals surface area (Å²) in [5, 5.41) is 3.21. The summed E-state index contributed by atoms with van der Waals surface area (Å²) in [6.07, 6.45) is 2.19. The molecule has 150 valence electrons. The second-order valence-corrected chi connectivity index (χ2v) is 8.61. The number of hydrogen-bond acceptors (Lipinski definition) is 5. The summed E-state index contributed by atoms with van der Waals surface area (Å²) in [6.45, 7) is 4.08. The Balaban J connectivity index is 1.82. The molecule has 1 aliphatic rings. The van der Waals surface area contributed by atoms with Gasteiger partial charge >= 0.3 is 5.97 Å². The van der Waals surface area contributed by atoms with Crippen LogP contribution in [-0.4, -0.2) is 64.3 Å². The molecule has 1 unspecified atom stereocenters. The molecule has 7 nitrogen and oxygen atoms in total. The highest BCUT2D eigenvalue weighted by atomic mass is 32.2. The number of nitrogens with zero attached hydrogens (tertiary/aromatic N) is 2. The van der Waals surface area contributed by atoms with Crippen molar-refractivity contribution < 1.29 is 17.9 Å². The molecule has 8 heteroatoms. The van der Waals surface area contributed by atoms with Crippen molar-refractivity contribution in [3.05, 3.63) is 30.3 Å². The lowest BCUT2D eigenvalue weighted by Gasteiger charge is -2.33. The smallest absolute Gasteiger partial charge is 0.310 e. The van der Waals surface area contributed by atoms with Gasteiger partial charge in [0, 0.05) is 26.7 Å². The minimum Gasteiger partial charge on any atom is -0.466 e. The number of aliphatic imine (C=N–C) groups is 1. The maximum atomic E-state index is 12.3. The van der Waals surface area contributed by atoms with E-state index in [-0.39, 0.29) is 17.6 Å². The fourth-order valence-electron chi connectivity index (χ4n) is 3.16. The van der Waals surface area contributed by atoms with E-state index in [1.807, 2.05) is 11.8 Å². The van der Waals surface area contributed by atoms with Gasteiger partial charge in [0.1, 0.15) is 0 Å². The maximum absolute atomic E-state index is 12.3. The maximum Gasteiger partial charge on any atom is 0.310 e. The lowest BCUT2D eigenvalue weighted by molar-refractivity contribution is -0.149. The number of likely N-dealkylation sites (tertiary alicyclic amines) is 1. The van der Waals surface area contributed by atoms with Crippen molar-refractivity contribution in [2.75, 3.05) is 39.0 Å². The molecule has 0 saturated carbocycles. The van der Waals surface area contributed by atoms with Gasteiger partial charge in [-0.25, -0.2) is 8.42 Å². The van der Waals surface area contributed by atoms with Gasteiger partial charge in [-0.1, -0.05) is 18.2 Å². The number of sulfone groups is 1. The van der Waals surface area contributed by atoms with Gasteiger partial charge < -0.3 is 15.0 Å². The summed E-state index contributed by atoms with van der Waals surface area (Å²) >= 11 is 0. The molecule has 1 aromatic carbocycles. The second kappa shape index (κ2) is 10.3. The highest BCUT2D eigenvalue weighted by Gasteiger charge is 2.28. The minimum atomic E-state index is -3.27. The van der Waals surface area contributed by atoms with Crippen LogP contribution in [0.2, 0.25) is 0 Å². The van der Waals surface area contributed by atoms with Crippen LogP contribution in [0.15, 0.2) is 40.2 Å². The number of hydrogen-bond donors (Lipinski definition) is 1. The first-order chi connectivity index (χ1) is 13.0. The first kappa shape index (κ1) is 21.2. The number of piperidine rings is 1. The lowest BCUT2D eigenvalue weighted by atomic mass is 9.98. The highest BCUT2D eigenvalue weighted by Crippen LogP contribution is 2.18. The van der Waals surface area contributed by atoms with Crippen LogP contribution in [0.5, 0.6) is 0 Å². The summed E-state index contributed by atoms with van der Waals surface area (Å²) < 4.78 is 29.7. The first-order valence-electron chi connectivity index (χ1n) is 9.38. The summed E-state index contributed by atoms with van der Waals surface area (Å²) in [6, 6.07) is 8.48. The predicted molar refractivity (Wildman–Crippen MR) is 105 cm³/mol. The van der Waals surface area contributed by atoms with E-state index in [0.717, 1.165) is 19.4 Å². The predicted octanol–water partition coefficient (Wildman–Crippen LogP) is 1.70. The number of carbonyl (C=O) groups is 1. The third-order valence-corrected chi connectivity index (χ3v) is 6.34. The largest absolute Gasteiger partial charge is 0.466 e. The average Bonchev–Trinajstić information content (AvgIpc) is 2.69. The average molecular weight is 396 g/mol. The van der Waals surface area contributed by atoms with Gasteiger partial charge in [-0.2, -0.15) is 0 Å². The molecule has 0 radical (unpaired) electrons. The Morgan fingerprint density at radius 1 is 1.33 bits per heavy atom. The van der Waals surface area contributed by atoms with Crippen molar-refractivity contribution in [3.8, 4) is 0 Å². The molecule has 0 spiro atoms. The standard InChI is InChI=1S/C19H29N3O4S/c1-3-26-18(23)16-9-7-13-22(15-16)19(20-2)21-12-8-14-27(24,25)17-10-5-4-6-11-17/h4-6,10-11,16H,3,7-9,12-15H2,1-2H3,(H,20,21). The molecular weight excluding hydrogens is 366 g/mol. The number of guanidine groups is 1. The zero-order valence-electron chi connectivity index (χ0n) is 16.1. The molecule has 0 aliphatic carbocycles. The van der Waals surface area contributed by atoms with Crippen molar-refractivity contribution in [1.29, 1.82) is 0 Å². The van der Waals surface area contributed by atoms with Gasteiger partial charge in [-0.05, 0) is 38.3 Å². The van der Waals surface area contributed by atoms with Gasteiger partial charge in [0.15, 0.2) is 15.8 Å². The molecule has 1 N–H and O–H groups in total. The van der Waals surface area contributed by atoms with Crippen LogP contribution in [0.3, 0.4) is 0 Å². The second-order valence-electron chi connectivity index (χ2n) is 6.50. The van der Waals surface area contributed by atoms with Crippen molar-refractivity contribution in [2.24, 2.45) is 10.9 Å². The molecule has 27 heavy (non-hydrogen) atoms. The fourth-order valence-corrected chi connectivity index (χ4v) is 4.49. The molecule has 1 saturated heterocycles. The number of esters is 1. The topological polar surface area (TPSA) is 88.1 Å². The van der Waals surface area contributed by atoms with E-state index in [1.54, 1.807) is 37.4 Å². The Labute approximate surface area is 161 Å². The molecule has 1 fully saturated rings. The summed E-state index contributed by atoms with van der Waals surface area (Å²) in [5.41, 5.74) is 0. The highest BCUT2D eigenvalue weighted by molar-refractivity contribution is 7.91. The molecule has 1 heterocycles. The van der Waals surface area contributed by atoms with Crippen molar-refractivity contribution in [1.82, 2.24) is 10.2 Å². The Hall–Kier alpha value is -2.09. The zero-order valence-corrected chi connectivity index (χ0v) is 16.9. The van der Waals surface area contributed by atoms with Crippen LogP contribution in [0.25, 0.3) is 0 Å². The number of benzene rings is 1. The molecule has 0 bridgehead atoms. The molecule has 1 aliphatic heterocycles. The van der Waals surface area contributed by atoms with Gasteiger partial charge in [0.2, 0.25) is 0 Å².